The van der Waals surface area contributed by atoms with Gasteiger partial charge >= 0.3 is 0 Å². The van der Waals surface area contributed by atoms with Crippen molar-refractivity contribution in [1.82, 2.24) is 19.7 Å². The summed E-state index contributed by atoms with van der Waals surface area (Å²) in [5.74, 6) is -0.979. The lowest BCUT2D eigenvalue weighted by atomic mass is 10.2. The molecule has 0 atom stereocenters. The van der Waals surface area contributed by atoms with Gasteiger partial charge in [0.1, 0.15) is 4.90 Å². The molecule has 152 valence electrons. The van der Waals surface area contributed by atoms with E-state index in [9.17, 15) is 13.2 Å². The Balaban J connectivity index is 1.97. The van der Waals surface area contributed by atoms with Gasteiger partial charge in [0.05, 0.1) is 21.4 Å². The van der Waals surface area contributed by atoms with Crippen LogP contribution in [0.2, 0.25) is 20.1 Å². The molecule has 12 heteroatoms. The number of aromatic nitrogens is 3. The number of nitrogens with zero attached hydrogens (tertiary/aromatic N) is 3. The molecule has 0 saturated carbocycles. The first-order chi connectivity index (χ1) is 13.5. The first-order valence-corrected chi connectivity index (χ1v) is 10.9. The Labute approximate surface area is 186 Å². The number of amides is 1. The summed E-state index contributed by atoms with van der Waals surface area (Å²) in [6.07, 6.45) is 0. The van der Waals surface area contributed by atoms with Gasteiger partial charge in [-0.1, -0.05) is 51.6 Å². The minimum atomic E-state index is -4.29. The van der Waals surface area contributed by atoms with Gasteiger partial charge < -0.3 is 0 Å². The number of sulfonamides is 1. The molecule has 0 aliphatic rings. The molecule has 0 radical (unpaired) electrons. The summed E-state index contributed by atoms with van der Waals surface area (Å²) in [5, 5.41) is 8.54. The molecule has 2 aromatic carbocycles. The van der Waals surface area contributed by atoms with Crippen LogP contribution in [0.4, 0.5) is 0 Å². The van der Waals surface area contributed by atoms with Crippen LogP contribution in [0.25, 0.3) is 5.69 Å². The Kier molecular flexibility index (Phi) is 6.12. The molecule has 0 spiro atoms. The maximum absolute atomic E-state index is 12.6. The second-order valence-electron chi connectivity index (χ2n) is 6.00. The summed E-state index contributed by atoms with van der Waals surface area (Å²) in [5.41, 5.74) is 1.25. The number of halogens is 4. The Morgan fingerprint density at radius 1 is 1.00 bits per heavy atom. The Morgan fingerprint density at radius 3 is 2.34 bits per heavy atom. The molecule has 1 aromatic heterocycles. The van der Waals surface area contributed by atoms with Crippen LogP contribution < -0.4 is 4.72 Å². The molecule has 0 saturated heterocycles. The topological polar surface area (TPSA) is 93.9 Å². The number of carbonyl (C=O) groups excluding carboxylic acids is 1. The van der Waals surface area contributed by atoms with Crippen LogP contribution in [0.1, 0.15) is 21.7 Å². The maximum atomic E-state index is 12.6. The van der Waals surface area contributed by atoms with Gasteiger partial charge in [-0.2, -0.15) is 0 Å². The number of benzene rings is 2. The van der Waals surface area contributed by atoms with Crippen LogP contribution >= 0.6 is 46.4 Å². The summed E-state index contributed by atoms with van der Waals surface area (Å²) in [6.45, 7) is 3.32. The van der Waals surface area contributed by atoms with Crippen LogP contribution in [-0.4, -0.2) is 29.3 Å². The van der Waals surface area contributed by atoms with Crippen molar-refractivity contribution in [2.75, 3.05) is 0 Å². The SMILES string of the molecule is Cc1cc(Cl)cc(Cl)c1-n1nnc(C(=O)NS(=O)(=O)c2cc(Cl)ccc2Cl)c1C. The first kappa shape index (κ1) is 21.9. The van der Waals surface area contributed by atoms with Crippen LogP contribution in [0.3, 0.4) is 0 Å². The third-order valence-corrected chi connectivity index (χ3v) is 6.50. The van der Waals surface area contributed by atoms with E-state index in [4.69, 9.17) is 46.4 Å². The van der Waals surface area contributed by atoms with Gasteiger partial charge in [-0.15, -0.1) is 5.10 Å². The third-order valence-electron chi connectivity index (χ3n) is 3.95. The number of hydrogen-bond acceptors (Lipinski definition) is 5. The molecule has 3 rings (SSSR count). The normalized spacial score (nSPS) is 11.5. The average molecular weight is 494 g/mol. The molecule has 3 aromatic rings. The molecule has 29 heavy (non-hydrogen) atoms. The standard InChI is InChI=1S/C17H12Cl4N4O3S/c1-8-5-11(19)6-13(21)16(8)25-9(2)15(22-24-25)17(26)23-29(27,28)14-7-10(18)3-4-12(14)20/h3-7H,1-2H3,(H,23,26). The zero-order valence-corrected chi connectivity index (χ0v) is 18.7. The quantitative estimate of drug-likeness (QED) is 0.572. The minimum Gasteiger partial charge on any atom is -0.266 e. The number of aryl methyl sites for hydroxylation is 1. The number of rotatable bonds is 4. The van der Waals surface area contributed by atoms with E-state index in [1.807, 2.05) is 4.72 Å². The summed E-state index contributed by atoms with van der Waals surface area (Å²) in [6, 6.07) is 7.08. The predicted molar refractivity (Wildman–Crippen MR) is 112 cm³/mol. The van der Waals surface area contributed by atoms with Crippen molar-refractivity contribution in [3.05, 3.63) is 67.4 Å². The van der Waals surface area contributed by atoms with Crippen molar-refractivity contribution in [3.8, 4) is 5.69 Å². The van der Waals surface area contributed by atoms with Crippen molar-refractivity contribution in [2.24, 2.45) is 0 Å². The molecular formula is C17H12Cl4N4O3S. The second-order valence-corrected chi connectivity index (χ2v) is 9.34. The molecule has 0 unspecified atom stereocenters. The lowest BCUT2D eigenvalue weighted by Gasteiger charge is -2.11. The highest BCUT2D eigenvalue weighted by molar-refractivity contribution is 7.90. The lowest BCUT2D eigenvalue weighted by molar-refractivity contribution is 0.0976. The van der Waals surface area contributed by atoms with E-state index in [-0.39, 0.29) is 26.3 Å². The Bertz CT molecular complexity index is 1220. The van der Waals surface area contributed by atoms with E-state index in [0.717, 1.165) is 6.07 Å². The van der Waals surface area contributed by atoms with Crippen LogP contribution in [-0.2, 0) is 10.0 Å². The third kappa shape index (κ3) is 4.36. The fraction of sp³-hybridized carbons (Fsp3) is 0.118. The molecule has 0 aliphatic carbocycles. The highest BCUT2D eigenvalue weighted by Gasteiger charge is 2.26. The minimum absolute atomic E-state index is 0.0846. The van der Waals surface area contributed by atoms with E-state index >= 15 is 0 Å². The predicted octanol–water partition coefficient (Wildman–Crippen LogP) is 4.62. The van der Waals surface area contributed by atoms with E-state index < -0.39 is 15.9 Å². The van der Waals surface area contributed by atoms with Crippen molar-refractivity contribution in [3.63, 3.8) is 0 Å². The van der Waals surface area contributed by atoms with Crippen molar-refractivity contribution >= 4 is 62.3 Å². The highest BCUT2D eigenvalue weighted by Crippen LogP contribution is 2.29. The molecule has 1 amide bonds. The maximum Gasteiger partial charge on any atom is 0.287 e. The van der Waals surface area contributed by atoms with Crippen molar-refractivity contribution < 1.29 is 13.2 Å². The fourth-order valence-corrected chi connectivity index (χ4v) is 5.01. The van der Waals surface area contributed by atoms with Gasteiger partial charge in [-0.25, -0.2) is 17.8 Å². The molecule has 1 heterocycles. The van der Waals surface area contributed by atoms with Crippen molar-refractivity contribution in [1.29, 1.82) is 0 Å². The summed E-state index contributed by atoms with van der Waals surface area (Å²) < 4.78 is 28.4. The average Bonchev–Trinajstić information content (AvgIpc) is 2.97. The highest BCUT2D eigenvalue weighted by atomic mass is 35.5. The van der Waals surface area contributed by atoms with Crippen LogP contribution in [0.15, 0.2) is 35.2 Å². The molecule has 7 nitrogen and oxygen atoms in total. The van der Waals surface area contributed by atoms with Gasteiger partial charge in [-0.3, -0.25) is 4.79 Å². The molecular weight excluding hydrogens is 482 g/mol. The van der Waals surface area contributed by atoms with Crippen LogP contribution in [0, 0.1) is 13.8 Å². The Morgan fingerprint density at radius 2 is 1.69 bits per heavy atom. The summed E-state index contributed by atoms with van der Waals surface area (Å²) >= 11 is 24.0. The van der Waals surface area contributed by atoms with E-state index in [1.54, 1.807) is 19.9 Å². The zero-order chi connectivity index (χ0) is 21.5. The molecule has 0 aliphatic heterocycles. The monoisotopic (exact) mass is 492 g/mol. The smallest absolute Gasteiger partial charge is 0.266 e. The van der Waals surface area contributed by atoms with Gasteiger partial charge in [0.15, 0.2) is 5.69 Å². The number of nitrogens with one attached hydrogen (secondary N) is 1. The summed E-state index contributed by atoms with van der Waals surface area (Å²) in [7, 11) is -4.29. The second kappa shape index (κ2) is 8.12. The van der Waals surface area contributed by atoms with E-state index in [0.29, 0.717) is 21.3 Å². The molecule has 0 bridgehead atoms. The van der Waals surface area contributed by atoms with Crippen LogP contribution in [0.5, 0.6) is 0 Å². The van der Waals surface area contributed by atoms with Gasteiger partial charge in [0.25, 0.3) is 15.9 Å². The molecule has 1 N–H and O–H groups in total. The van der Waals surface area contributed by atoms with Gasteiger partial charge in [0, 0.05) is 10.0 Å². The number of carbonyl (C=O) groups is 1. The lowest BCUT2D eigenvalue weighted by Crippen LogP contribution is -2.31. The molecule has 0 fully saturated rings. The van der Waals surface area contributed by atoms with Gasteiger partial charge in [-0.05, 0) is 49.7 Å². The van der Waals surface area contributed by atoms with E-state index in [2.05, 4.69) is 10.3 Å². The number of hydrogen-bond donors (Lipinski definition) is 1. The van der Waals surface area contributed by atoms with Gasteiger partial charge in [0.2, 0.25) is 0 Å². The zero-order valence-electron chi connectivity index (χ0n) is 14.9. The summed E-state index contributed by atoms with van der Waals surface area (Å²) in [4.78, 5) is 12.3. The van der Waals surface area contributed by atoms with Crippen molar-refractivity contribution in [2.45, 2.75) is 18.7 Å². The fourth-order valence-electron chi connectivity index (χ4n) is 2.62. The first-order valence-electron chi connectivity index (χ1n) is 7.92. The largest absolute Gasteiger partial charge is 0.287 e. The Hall–Kier alpha value is -1.84. The van der Waals surface area contributed by atoms with E-state index in [1.165, 1.54) is 22.9 Å².